The Balaban J connectivity index is 2.64. The molecule has 0 aliphatic carbocycles. The number of hydrogen-bond donors (Lipinski definition) is 1. The third-order valence-corrected chi connectivity index (χ3v) is 1.43. The summed E-state index contributed by atoms with van der Waals surface area (Å²) < 4.78 is 0. The maximum atomic E-state index is 11.0. The lowest BCUT2D eigenvalue weighted by Gasteiger charge is -2.25. The zero-order valence-electron chi connectivity index (χ0n) is 6.29. The second kappa shape index (κ2) is 2.73. The van der Waals surface area contributed by atoms with Gasteiger partial charge in [-0.3, -0.25) is 4.90 Å². The van der Waals surface area contributed by atoms with Gasteiger partial charge in [-0.1, -0.05) is 0 Å². The van der Waals surface area contributed by atoms with Gasteiger partial charge in [0.15, 0.2) is 0 Å². The van der Waals surface area contributed by atoms with Gasteiger partial charge in [0, 0.05) is 18.8 Å². The first-order valence-electron chi connectivity index (χ1n) is 3.44. The largest absolute Gasteiger partial charge is 0.334 e. The molecule has 1 N–H and O–H groups in total. The first kappa shape index (κ1) is 7.12. The fourth-order valence-electron chi connectivity index (χ4n) is 0.878. The van der Waals surface area contributed by atoms with Gasteiger partial charge in [0.25, 0.3) is 0 Å². The molecule has 0 aromatic heterocycles. The van der Waals surface area contributed by atoms with Crippen molar-refractivity contribution < 1.29 is 4.79 Å². The summed E-state index contributed by atoms with van der Waals surface area (Å²) in [5.41, 5.74) is 0. The van der Waals surface area contributed by atoms with Gasteiger partial charge in [-0.15, -0.1) is 0 Å². The van der Waals surface area contributed by atoms with Crippen molar-refractivity contribution in [1.82, 2.24) is 10.2 Å². The van der Waals surface area contributed by atoms with Crippen molar-refractivity contribution in [1.29, 1.82) is 0 Å². The minimum Gasteiger partial charge on any atom is -0.334 e. The monoisotopic (exact) mass is 140 g/mol. The molecule has 0 atom stereocenters. The Morgan fingerprint density at radius 1 is 1.70 bits per heavy atom. The highest BCUT2D eigenvalue weighted by Crippen LogP contribution is 2.02. The summed E-state index contributed by atoms with van der Waals surface area (Å²) in [7, 11) is 0. The van der Waals surface area contributed by atoms with Crippen molar-refractivity contribution in [3.63, 3.8) is 0 Å². The van der Waals surface area contributed by atoms with E-state index >= 15 is 0 Å². The van der Waals surface area contributed by atoms with Crippen LogP contribution in [0.25, 0.3) is 0 Å². The van der Waals surface area contributed by atoms with Crippen LogP contribution in [0.3, 0.4) is 0 Å². The predicted octanol–water partition coefficient (Wildman–Crippen LogP) is 0.934. The van der Waals surface area contributed by atoms with Crippen LogP contribution in [-0.4, -0.2) is 23.5 Å². The molecule has 0 spiro atoms. The van der Waals surface area contributed by atoms with E-state index in [1.807, 2.05) is 26.1 Å². The molecule has 0 bridgehead atoms. The summed E-state index contributed by atoms with van der Waals surface area (Å²) in [6.45, 7) is 4.62. The molecular weight excluding hydrogens is 128 g/mol. The number of carbonyl (C=O) groups is 1. The normalized spacial score (nSPS) is 17.9. The summed E-state index contributed by atoms with van der Waals surface area (Å²) in [6, 6.07) is 0.244. The number of rotatable bonds is 1. The highest BCUT2D eigenvalue weighted by molar-refractivity contribution is 5.76. The van der Waals surface area contributed by atoms with Crippen molar-refractivity contribution >= 4 is 6.03 Å². The minimum atomic E-state index is -0.00231. The summed E-state index contributed by atoms with van der Waals surface area (Å²) in [4.78, 5) is 12.7. The van der Waals surface area contributed by atoms with Crippen LogP contribution in [0.15, 0.2) is 12.3 Å². The van der Waals surface area contributed by atoms with E-state index in [0.29, 0.717) is 6.54 Å². The number of nitrogens with one attached hydrogen (secondary N) is 1. The van der Waals surface area contributed by atoms with Crippen molar-refractivity contribution in [3.8, 4) is 0 Å². The quantitative estimate of drug-likeness (QED) is 0.577. The third kappa shape index (κ3) is 1.29. The molecule has 0 saturated heterocycles. The number of nitrogens with zero attached hydrogens (tertiary/aromatic N) is 1. The van der Waals surface area contributed by atoms with Crippen LogP contribution in [0.5, 0.6) is 0 Å². The van der Waals surface area contributed by atoms with E-state index < -0.39 is 0 Å². The van der Waals surface area contributed by atoms with E-state index in [1.165, 1.54) is 0 Å². The Kier molecular flexibility index (Phi) is 1.94. The molecular formula is C7H12N2O. The molecule has 1 rings (SSSR count). The molecule has 3 heteroatoms. The second-order valence-corrected chi connectivity index (χ2v) is 2.57. The van der Waals surface area contributed by atoms with Crippen molar-refractivity contribution in [3.05, 3.63) is 12.3 Å². The molecule has 0 unspecified atom stereocenters. The van der Waals surface area contributed by atoms with Gasteiger partial charge in [0.2, 0.25) is 0 Å². The highest BCUT2D eigenvalue weighted by atomic mass is 16.2. The second-order valence-electron chi connectivity index (χ2n) is 2.57. The van der Waals surface area contributed by atoms with Crippen LogP contribution in [0.1, 0.15) is 13.8 Å². The summed E-state index contributed by atoms with van der Waals surface area (Å²) in [5.74, 6) is 0. The summed E-state index contributed by atoms with van der Waals surface area (Å²) in [6.07, 6.45) is 3.75. The fraction of sp³-hybridized carbons (Fsp3) is 0.571. The number of carbonyl (C=O) groups excluding carboxylic acids is 1. The average Bonchev–Trinajstić information content (AvgIpc) is 1.88. The van der Waals surface area contributed by atoms with E-state index in [4.69, 9.17) is 0 Å². The molecule has 1 aliphatic heterocycles. The maximum Gasteiger partial charge on any atom is 0.321 e. The molecule has 0 radical (unpaired) electrons. The molecule has 1 heterocycles. The first-order valence-corrected chi connectivity index (χ1v) is 3.44. The average molecular weight is 140 g/mol. The van der Waals surface area contributed by atoms with Gasteiger partial charge in [-0.2, -0.15) is 0 Å². The van der Waals surface area contributed by atoms with Crippen LogP contribution in [-0.2, 0) is 0 Å². The zero-order chi connectivity index (χ0) is 7.56. The number of urea groups is 1. The van der Waals surface area contributed by atoms with E-state index in [-0.39, 0.29) is 12.1 Å². The van der Waals surface area contributed by atoms with Gasteiger partial charge >= 0.3 is 6.03 Å². The smallest absolute Gasteiger partial charge is 0.321 e. The Morgan fingerprint density at radius 3 is 2.80 bits per heavy atom. The molecule has 0 saturated carbocycles. The zero-order valence-corrected chi connectivity index (χ0v) is 6.29. The van der Waals surface area contributed by atoms with Crippen LogP contribution in [0.2, 0.25) is 0 Å². The van der Waals surface area contributed by atoms with E-state index in [0.717, 1.165) is 0 Å². The van der Waals surface area contributed by atoms with E-state index in [1.54, 1.807) is 4.90 Å². The van der Waals surface area contributed by atoms with Crippen LogP contribution < -0.4 is 5.32 Å². The van der Waals surface area contributed by atoms with Gasteiger partial charge in [0.05, 0.1) is 0 Å². The van der Waals surface area contributed by atoms with Crippen molar-refractivity contribution in [2.75, 3.05) is 6.54 Å². The van der Waals surface area contributed by atoms with Crippen molar-refractivity contribution in [2.24, 2.45) is 0 Å². The van der Waals surface area contributed by atoms with E-state index in [2.05, 4.69) is 5.32 Å². The van der Waals surface area contributed by atoms with Crippen LogP contribution >= 0.6 is 0 Å². The topological polar surface area (TPSA) is 32.3 Å². The van der Waals surface area contributed by atoms with Gasteiger partial charge in [-0.25, -0.2) is 4.79 Å². The van der Waals surface area contributed by atoms with E-state index in [9.17, 15) is 4.79 Å². The summed E-state index contributed by atoms with van der Waals surface area (Å²) >= 11 is 0. The summed E-state index contributed by atoms with van der Waals surface area (Å²) in [5, 5.41) is 2.71. The molecule has 3 nitrogen and oxygen atoms in total. The first-order chi connectivity index (χ1) is 4.72. The Morgan fingerprint density at radius 2 is 2.40 bits per heavy atom. The lowest BCUT2D eigenvalue weighted by atomic mass is 10.3. The van der Waals surface area contributed by atoms with Gasteiger partial charge in [0.1, 0.15) is 0 Å². The lowest BCUT2D eigenvalue weighted by Crippen LogP contribution is -2.43. The maximum absolute atomic E-state index is 11.0. The number of hydrogen-bond acceptors (Lipinski definition) is 1. The number of amides is 2. The molecule has 56 valence electrons. The minimum absolute atomic E-state index is 0.00231. The Bertz CT molecular complexity index is 163. The van der Waals surface area contributed by atoms with Gasteiger partial charge < -0.3 is 5.32 Å². The highest BCUT2D eigenvalue weighted by Gasteiger charge is 2.14. The predicted molar refractivity (Wildman–Crippen MR) is 39.5 cm³/mol. The molecule has 0 aromatic carbocycles. The third-order valence-electron chi connectivity index (χ3n) is 1.43. The fourth-order valence-corrected chi connectivity index (χ4v) is 0.878. The molecule has 0 aromatic rings. The molecule has 1 aliphatic rings. The van der Waals surface area contributed by atoms with Crippen LogP contribution in [0.4, 0.5) is 4.79 Å². The van der Waals surface area contributed by atoms with Crippen LogP contribution in [0, 0.1) is 0 Å². The molecule has 10 heavy (non-hydrogen) atoms. The Labute approximate surface area is 60.7 Å². The van der Waals surface area contributed by atoms with Crippen molar-refractivity contribution in [2.45, 2.75) is 19.9 Å². The van der Waals surface area contributed by atoms with Gasteiger partial charge in [-0.05, 0) is 19.9 Å². The molecule has 2 amide bonds. The lowest BCUT2D eigenvalue weighted by molar-refractivity contribution is 0.204. The standard InChI is InChI=1S/C7H12N2O/c1-6(2)9-5-3-4-8-7(9)10/h3,5-6H,4H2,1-2H3,(H,8,10). The SMILES string of the molecule is CC(C)N1C=CCNC1=O. The Hall–Kier alpha value is -0.990. The molecule has 0 fully saturated rings.